The van der Waals surface area contributed by atoms with Crippen LogP contribution in [0.1, 0.15) is 51.2 Å². The number of carbonyl (C=O) groups is 1. The Morgan fingerprint density at radius 3 is 2.45 bits per heavy atom. The van der Waals surface area contributed by atoms with Crippen molar-refractivity contribution in [2.45, 2.75) is 46.5 Å². The highest BCUT2D eigenvalue weighted by Gasteiger charge is 2.35. The van der Waals surface area contributed by atoms with Gasteiger partial charge in [0, 0.05) is 17.1 Å². The van der Waals surface area contributed by atoms with Crippen molar-refractivity contribution in [2.75, 3.05) is 0 Å². The van der Waals surface area contributed by atoms with Gasteiger partial charge in [0.1, 0.15) is 0 Å². The number of benzene rings is 1. The third-order valence-corrected chi connectivity index (χ3v) is 5.56. The molecule has 1 aromatic rings. The van der Waals surface area contributed by atoms with Gasteiger partial charge in [0.05, 0.1) is 0 Å². The lowest BCUT2D eigenvalue weighted by atomic mass is 9.67. The van der Waals surface area contributed by atoms with Crippen molar-refractivity contribution in [1.82, 2.24) is 0 Å². The molecule has 1 nitrogen and oxygen atoms in total. The van der Waals surface area contributed by atoms with Gasteiger partial charge >= 0.3 is 0 Å². The van der Waals surface area contributed by atoms with Gasteiger partial charge in [-0.3, -0.25) is 4.79 Å². The van der Waals surface area contributed by atoms with Crippen molar-refractivity contribution >= 4 is 5.78 Å². The first-order valence-corrected chi connectivity index (χ1v) is 8.13. The number of Topliss-reactive ketones (excluding diaryl/α,β-unsaturated/α-hetero) is 1. The summed E-state index contributed by atoms with van der Waals surface area (Å²) >= 11 is 0. The Balaban J connectivity index is 2.18. The molecule has 1 heteroatoms. The van der Waals surface area contributed by atoms with Crippen LogP contribution in [0.3, 0.4) is 0 Å². The first-order chi connectivity index (χ1) is 10.4. The normalized spacial score (nSPS) is 25.6. The highest BCUT2D eigenvalue weighted by Crippen LogP contribution is 2.47. The van der Waals surface area contributed by atoms with Gasteiger partial charge in [-0.25, -0.2) is 0 Å². The van der Waals surface area contributed by atoms with E-state index in [0.717, 1.165) is 28.7 Å². The molecule has 0 heterocycles. The predicted molar refractivity (Wildman–Crippen MR) is 91.9 cm³/mol. The number of allylic oxidation sites excluding steroid dienone is 5. The fourth-order valence-corrected chi connectivity index (χ4v) is 4.01. The van der Waals surface area contributed by atoms with Crippen molar-refractivity contribution in [2.24, 2.45) is 5.92 Å². The number of aryl methyl sites for hydroxylation is 1. The van der Waals surface area contributed by atoms with E-state index in [0.29, 0.717) is 11.8 Å². The van der Waals surface area contributed by atoms with Crippen LogP contribution in [0.25, 0.3) is 0 Å². The van der Waals surface area contributed by atoms with E-state index in [-0.39, 0.29) is 5.78 Å². The molecule has 2 aliphatic carbocycles. The molecule has 0 aromatic heterocycles. The van der Waals surface area contributed by atoms with Gasteiger partial charge in [0.15, 0.2) is 5.78 Å². The molecule has 22 heavy (non-hydrogen) atoms. The maximum Gasteiger partial charge on any atom is 0.185 e. The molecule has 2 atom stereocenters. The molecule has 0 radical (unpaired) electrons. The number of ketones is 1. The standard InChI is InChI=1S/C21H24O/c1-12-10-11-17-8-6-7-9-18(17)19(12)20-14(3)13(2)15(4)21(22)16(20)5/h6-9,12,19H,3,10-11H2,1-2,4-5H3. The lowest BCUT2D eigenvalue weighted by Gasteiger charge is -2.37. The number of hydrogen-bond donors (Lipinski definition) is 0. The molecular formula is C21H24O. The Hall–Kier alpha value is -1.89. The summed E-state index contributed by atoms with van der Waals surface area (Å²) in [6, 6.07) is 8.68. The fraction of sp³-hybridized carbons (Fsp3) is 0.381. The van der Waals surface area contributed by atoms with E-state index in [9.17, 15) is 4.79 Å². The van der Waals surface area contributed by atoms with Gasteiger partial charge in [-0.15, -0.1) is 0 Å². The van der Waals surface area contributed by atoms with Crippen LogP contribution < -0.4 is 0 Å². The summed E-state index contributed by atoms with van der Waals surface area (Å²) in [5.74, 6) is 1.02. The highest BCUT2D eigenvalue weighted by atomic mass is 16.1. The van der Waals surface area contributed by atoms with Crippen LogP contribution in [0.4, 0.5) is 0 Å². The summed E-state index contributed by atoms with van der Waals surface area (Å²) in [4.78, 5) is 12.6. The molecule has 0 aliphatic heterocycles. The van der Waals surface area contributed by atoms with Gasteiger partial charge in [0.25, 0.3) is 0 Å². The molecule has 0 saturated heterocycles. The fourth-order valence-electron chi connectivity index (χ4n) is 4.01. The van der Waals surface area contributed by atoms with E-state index in [2.05, 4.69) is 37.8 Å². The van der Waals surface area contributed by atoms with Gasteiger partial charge in [-0.2, -0.15) is 0 Å². The van der Waals surface area contributed by atoms with Crippen LogP contribution >= 0.6 is 0 Å². The maximum atomic E-state index is 12.6. The van der Waals surface area contributed by atoms with Crippen molar-refractivity contribution < 1.29 is 4.79 Å². The molecule has 2 aliphatic rings. The Morgan fingerprint density at radius 2 is 1.73 bits per heavy atom. The Morgan fingerprint density at radius 1 is 1.05 bits per heavy atom. The van der Waals surface area contributed by atoms with Crippen LogP contribution in [0.5, 0.6) is 0 Å². The van der Waals surface area contributed by atoms with Crippen LogP contribution in [-0.2, 0) is 11.2 Å². The van der Waals surface area contributed by atoms with Crippen LogP contribution in [0, 0.1) is 5.92 Å². The second kappa shape index (κ2) is 5.39. The van der Waals surface area contributed by atoms with E-state index in [4.69, 9.17) is 0 Å². The molecule has 0 amide bonds. The Labute approximate surface area is 133 Å². The van der Waals surface area contributed by atoms with E-state index in [1.54, 1.807) is 0 Å². The lowest BCUT2D eigenvalue weighted by Crippen LogP contribution is -2.25. The van der Waals surface area contributed by atoms with Crippen molar-refractivity contribution in [3.63, 3.8) is 0 Å². The zero-order chi connectivity index (χ0) is 16.0. The van der Waals surface area contributed by atoms with Crippen LogP contribution in [0.15, 0.2) is 58.7 Å². The third-order valence-electron chi connectivity index (χ3n) is 5.56. The van der Waals surface area contributed by atoms with E-state index in [1.165, 1.54) is 23.1 Å². The highest BCUT2D eigenvalue weighted by molar-refractivity contribution is 6.11. The SMILES string of the molecule is C=C1C(C)=C(C)C(=O)C(C)=C1C1c2ccccc2CCC1C. The van der Waals surface area contributed by atoms with Crippen molar-refractivity contribution in [1.29, 1.82) is 0 Å². The summed E-state index contributed by atoms with van der Waals surface area (Å²) in [5.41, 5.74) is 7.84. The van der Waals surface area contributed by atoms with Gasteiger partial charge in [-0.05, 0) is 67.4 Å². The first-order valence-electron chi connectivity index (χ1n) is 8.13. The minimum absolute atomic E-state index is 0.190. The molecule has 0 saturated carbocycles. The topological polar surface area (TPSA) is 17.1 Å². The molecule has 0 fully saturated rings. The van der Waals surface area contributed by atoms with Crippen LogP contribution in [-0.4, -0.2) is 5.78 Å². The monoisotopic (exact) mass is 292 g/mol. The summed E-state index contributed by atoms with van der Waals surface area (Å²) in [5, 5.41) is 0. The second-order valence-electron chi connectivity index (χ2n) is 6.79. The van der Waals surface area contributed by atoms with E-state index >= 15 is 0 Å². The van der Waals surface area contributed by atoms with E-state index < -0.39 is 0 Å². The molecule has 3 rings (SSSR count). The van der Waals surface area contributed by atoms with Crippen molar-refractivity contribution in [3.05, 3.63) is 69.8 Å². The summed E-state index contributed by atoms with van der Waals surface area (Å²) in [7, 11) is 0. The number of rotatable bonds is 1. The van der Waals surface area contributed by atoms with Gasteiger partial charge in [-0.1, -0.05) is 37.8 Å². The third kappa shape index (κ3) is 2.11. The molecule has 1 aromatic carbocycles. The molecule has 0 N–H and O–H groups in total. The molecule has 0 bridgehead atoms. The zero-order valence-electron chi connectivity index (χ0n) is 14.0. The number of carbonyl (C=O) groups excluding carboxylic acids is 1. The summed E-state index contributed by atoms with van der Waals surface area (Å²) in [6.45, 7) is 12.6. The molecule has 2 unspecified atom stereocenters. The quantitative estimate of drug-likeness (QED) is 0.700. The second-order valence-corrected chi connectivity index (χ2v) is 6.79. The molecule has 0 spiro atoms. The Bertz CT molecular complexity index is 730. The smallest absolute Gasteiger partial charge is 0.185 e. The lowest BCUT2D eigenvalue weighted by molar-refractivity contribution is -0.112. The molecular weight excluding hydrogens is 268 g/mol. The minimum atomic E-state index is 0.190. The molecule has 114 valence electrons. The summed E-state index contributed by atoms with van der Waals surface area (Å²) < 4.78 is 0. The van der Waals surface area contributed by atoms with Gasteiger partial charge < -0.3 is 0 Å². The average molecular weight is 292 g/mol. The first kappa shape index (κ1) is 15.0. The maximum absolute atomic E-state index is 12.6. The number of fused-ring (bicyclic) bond motifs is 1. The summed E-state index contributed by atoms with van der Waals surface area (Å²) in [6.07, 6.45) is 2.30. The van der Waals surface area contributed by atoms with Gasteiger partial charge in [0.2, 0.25) is 0 Å². The average Bonchev–Trinajstić information content (AvgIpc) is 2.53. The zero-order valence-corrected chi connectivity index (χ0v) is 14.0. The van der Waals surface area contributed by atoms with Crippen LogP contribution in [0.2, 0.25) is 0 Å². The van der Waals surface area contributed by atoms with Crippen molar-refractivity contribution in [3.8, 4) is 0 Å². The Kier molecular flexibility index (Phi) is 3.68. The largest absolute Gasteiger partial charge is 0.289 e. The number of hydrogen-bond acceptors (Lipinski definition) is 1. The minimum Gasteiger partial charge on any atom is -0.289 e. The predicted octanol–water partition coefficient (Wildman–Crippen LogP) is 5.14. The van der Waals surface area contributed by atoms with E-state index in [1.807, 2.05) is 20.8 Å².